The van der Waals surface area contributed by atoms with Crippen LogP contribution in [-0.4, -0.2) is 27.6 Å². The predicted molar refractivity (Wildman–Crippen MR) is 29.6 cm³/mol. The highest BCUT2D eigenvalue weighted by Crippen LogP contribution is 1.95. The molecule has 0 bridgehead atoms. The summed E-state index contributed by atoms with van der Waals surface area (Å²) in [5.74, 6) is -1.18. The fourth-order valence-electron chi connectivity index (χ4n) is 0.269. The van der Waals surface area contributed by atoms with Gasteiger partial charge < -0.3 is 15.3 Å². The average molecular weight is 132 g/mol. The van der Waals surface area contributed by atoms with Gasteiger partial charge >= 0.3 is 5.97 Å². The molecule has 3 N–H and O–H groups in total. The molecule has 0 aromatic rings. The summed E-state index contributed by atoms with van der Waals surface area (Å²) < 4.78 is 0. The van der Waals surface area contributed by atoms with Crippen LogP contribution in [0.1, 0.15) is 6.92 Å². The average Bonchev–Trinajstić information content (AvgIpc) is 1.63. The van der Waals surface area contributed by atoms with Gasteiger partial charge in [-0.05, 0) is 12.5 Å². The van der Waals surface area contributed by atoms with Gasteiger partial charge in [0.2, 0.25) is 0 Å². The van der Waals surface area contributed by atoms with E-state index in [1.165, 1.54) is 6.92 Å². The van der Waals surface area contributed by atoms with Crippen LogP contribution in [0.25, 0.3) is 0 Å². The number of carboxylic acid groups (broad SMARTS) is 1. The third-order valence-corrected chi connectivity index (χ3v) is 0.758. The molecule has 0 saturated heterocycles. The molecule has 0 fully saturated rings. The minimum atomic E-state index is -1.67. The van der Waals surface area contributed by atoms with Crippen molar-refractivity contribution in [2.45, 2.75) is 13.2 Å². The van der Waals surface area contributed by atoms with E-state index < -0.39 is 12.3 Å². The smallest absolute Gasteiger partial charge is 0.328 e. The van der Waals surface area contributed by atoms with E-state index in [1.807, 2.05) is 0 Å². The Morgan fingerprint density at radius 3 is 2.11 bits per heavy atom. The Kier molecular flexibility index (Phi) is 2.90. The van der Waals surface area contributed by atoms with E-state index >= 15 is 0 Å². The lowest BCUT2D eigenvalue weighted by molar-refractivity contribution is -0.131. The molecule has 0 spiro atoms. The van der Waals surface area contributed by atoms with Gasteiger partial charge in [0.1, 0.15) is 0 Å². The van der Waals surface area contributed by atoms with E-state index in [2.05, 4.69) is 0 Å². The number of rotatable bonds is 2. The SMILES string of the molecule is CC(=CC(=O)O)C(O)O. The van der Waals surface area contributed by atoms with Gasteiger partial charge in [-0.25, -0.2) is 4.79 Å². The fourth-order valence-corrected chi connectivity index (χ4v) is 0.269. The molecule has 0 aliphatic heterocycles. The van der Waals surface area contributed by atoms with E-state index in [1.54, 1.807) is 0 Å². The van der Waals surface area contributed by atoms with Crippen molar-refractivity contribution in [1.29, 1.82) is 0 Å². The molecule has 0 rings (SSSR count). The first kappa shape index (κ1) is 8.13. The van der Waals surface area contributed by atoms with Gasteiger partial charge in [0, 0.05) is 6.08 Å². The lowest BCUT2D eigenvalue weighted by Gasteiger charge is -1.99. The quantitative estimate of drug-likeness (QED) is 0.344. The third kappa shape index (κ3) is 3.69. The molecule has 4 heteroatoms. The van der Waals surface area contributed by atoms with E-state index in [4.69, 9.17) is 15.3 Å². The number of aliphatic carboxylic acids is 1. The van der Waals surface area contributed by atoms with Crippen molar-refractivity contribution in [2.24, 2.45) is 0 Å². The van der Waals surface area contributed by atoms with Crippen LogP contribution in [0.4, 0.5) is 0 Å². The molecule has 4 nitrogen and oxygen atoms in total. The van der Waals surface area contributed by atoms with Crippen molar-refractivity contribution in [3.05, 3.63) is 11.6 Å². The van der Waals surface area contributed by atoms with Crippen molar-refractivity contribution in [3.63, 3.8) is 0 Å². The Hall–Kier alpha value is -0.870. The van der Waals surface area contributed by atoms with Crippen molar-refractivity contribution in [1.82, 2.24) is 0 Å². The monoisotopic (exact) mass is 132 g/mol. The molecule has 0 radical (unpaired) electrons. The lowest BCUT2D eigenvalue weighted by atomic mass is 10.3. The van der Waals surface area contributed by atoms with Crippen molar-refractivity contribution in [2.75, 3.05) is 0 Å². The molecule has 0 aliphatic carbocycles. The Labute approximate surface area is 52.1 Å². The Balaban J connectivity index is 4.00. The fraction of sp³-hybridized carbons (Fsp3) is 0.400. The van der Waals surface area contributed by atoms with Gasteiger partial charge in [-0.15, -0.1) is 0 Å². The van der Waals surface area contributed by atoms with Crippen LogP contribution in [0.5, 0.6) is 0 Å². The normalized spacial score (nSPS) is 12.2. The zero-order chi connectivity index (χ0) is 7.44. The predicted octanol–water partition coefficient (Wildman–Crippen LogP) is -0.672. The Morgan fingerprint density at radius 1 is 1.56 bits per heavy atom. The molecule has 0 aromatic heterocycles. The largest absolute Gasteiger partial charge is 0.478 e. The maximum Gasteiger partial charge on any atom is 0.328 e. The maximum absolute atomic E-state index is 9.82. The second-order valence-corrected chi connectivity index (χ2v) is 1.60. The molecule has 0 atom stereocenters. The van der Waals surface area contributed by atoms with Crippen LogP contribution in [0.2, 0.25) is 0 Å². The summed E-state index contributed by atoms with van der Waals surface area (Å²) >= 11 is 0. The minimum absolute atomic E-state index is 0.0162. The first-order valence-corrected chi connectivity index (χ1v) is 2.31. The number of aliphatic hydroxyl groups is 2. The second kappa shape index (κ2) is 3.21. The first-order chi connectivity index (χ1) is 4.04. The maximum atomic E-state index is 9.82. The van der Waals surface area contributed by atoms with Gasteiger partial charge in [0.15, 0.2) is 6.29 Å². The Morgan fingerprint density at radius 2 is 2.00 bits per heavy atom. The molecule has 0 aromatic carbocycles. The van der Waals surface area contributed by atoms with Gasteiger partial charge in [0.05, 0.1) is 0 Å². The van der Waals surface area contributed by atoms with Crippen LogP contribution < -0.4 is 0 Å². The molecule has 0 amide bonds. The number of hydrogen-bond acceptors (Lipinski definition) is 3. The number of carbonyl (C=O) groups is 1. The second-order valence-electron chi connectivity index (χ2n) is 1.60. The molecule has 0 heterocycles. The summed E-state index contributed by atoms with van der Waals surface area (Å²) in [6, 6.07) is 0. The summed E-state index contributed by atoms with van der Waals surface area (Å²) in [5, 5.41) is 24.6. The highest BCUT2D eigenvalue weighted by molar-refractivity contribution is 5.80. The summed E-state index contributed by atoms with van der Waals surface area (Å²) in [6.07, 6.45) is -0.925. The zero-order valence-corrected chi connectivity index (χ0v) is 4.90. The highest BCUT2D eigenvalue weighted by atomic mass is 16.5. The summed E-state index contributed by atoms with van der Waals surface area (Å²) in [7, 11) is 0. The van der Waals surface area contributed by atoms with Crippen LogP contribution in [-0.2, 0) is 4.79 Å². The highest BCUT2D eigenvalue weighted by Gasteiger charge is 2.00. The van der Waals surface area contributed by atoms with E-state index in [9.17, 15) is 4.79 Å². The lowest BCUT2D eigenvalue weighted by Crippen LogP contribution is -2.07. The molecule has 52 valence electrons. The van der Waals surface area contributed by atoms with Crippen LogP contribution in [0.3, 0.4) is 0 Å². The number of aliphatic hydroxyl groups excluding tert-OH is 1. The van der Waals surface area contributed by atoms with Gasteiger partial charge in [0.25, 0.3) is 0 Å². The topological polar surface area (TPSA) is 77.8 Å². The zero-order valence-electron chi connectivity index (χ0n) is 4.90. The van der Waals surface area contributed by atoms with E-state index in [0.717, 1.165) is 6.08 Å². The van der Waals surface area contributed by atoms with Crippen LogP contribution in [0.15, 0.2) is 11.6 Å². The summed E-state index contributed by atoms with van der Waals surface area (Å²) in [6.45, 7) is 1.32. The van der Waals surface area contributed by atoms with E-state index in [-0.39, 0.29) is 5.57 Å². The Bertz CT molecular complexity index is 136. The number of carboxylic acids is 1. The standard InChI is InChI=1S/C5H8O4/c1-3(5(8)9)2-4(6)7/h2,5,8-9H,1H3,(H,6,7). The molecular weight excluding hydrogens is 124 g/mol. The van der Waals surface area contributed by atoms with Crippen molar-refractivity contribution < 1.29 is 20.1 Å². The minimum Gasteiger partial charge on any atom is -0.478 e. The van der Waals surface area contributed by atoms with Gasteiger partial charge in [-0.3, -0.25) is 0 Å². The van der Waals surface area contributed by atoms with Gasteiger partial charge in [-0.2, -0.15) is 0 Å². The van der Waals surface area contributed by atoms with Crippen molar-refractivity contribution >= 4 is 5.97 Å². The summed E-state index contributed by atoms with van der Waals surface area (Å²) in [5.41, 5.74) is 0.0162. The van der Waals surface area contributed by atoms with Crippen LogP contribution in [0, 0.1) is 0 Å². The molecule has 9 heavy (non-hydrogen) atoms. The van der Waals surface area contributed by atoms with Crippen molar-refractivity contribution in [3.8, 4) is 0 Å². The first-order valence-electron chi connectivity index (χ1n) is 2.31. The van der Waals surface area contributed by atoms with Crippen LogP contribution >= 0.6 is 0 Å². The third-order valence-electron chi connectivity index (χ3n) is 0.758. The molecule has 0 saturated carbocycles. The number of hydrogen-bond donors (Lipinski definition) is 3. The summed E-state index contributed by atoms with van der Waals surface area (Å²) in [4.78, 5) is 9.82. The molecular formula is C5H8O4. The van der Waals surface area contributed by atoms with Gasteiger partial charge in [-0.1, -0.05) is 0 Å². The van der Waals surface area contributed by atoms with E-state index in [0.29, 0.717) is 0 Å². The molecule has 0 aliphatic rings. The molecule has 0 unspecified atom stereocenters.